The van der Waals surface area contributed by atoms with Gasteiger partial charge in [0.2, 0.25) is 5.43 Å². The van der Waals surface area contributed by atoms with Gasteiger partial charge in [-0.05, 0) is 54.8 Å². The first-order chi connectivity index (χ1) is 19.1. The maximum Gasteiger partial charge on any atom is 0.276 e. The molecule has 10 heteroatoms. The van der Waals surface area contributed by atoms with Gasteiger partial charge in [0.05, 0.1) is 17.4 Å². The summed E-state index contributed by atoms with van der Waals surface area (Å²) in [6.07, 6.45) is 4.95. The summed E-state index contributed by atoms with van der Waals surface area (Å²) in [5, 5.41) is 7.52. The predicted molar refractivity (Wildman–Crippen MR) is 157 cm³/mol. The molecule has 0 bridgehead atoms. The Bertz CT molecular complexity index is 1620. The lowest BCUT2D eigenvalue weighted by Crippen LogP contribution is -2.43. The number of fused-ring (bicyclic) bond motifs is 1. The minimum atomic E-state index is -0.643. The van der Waals surface area contributed by atoms with Crippen LogP contribution in [0.25, 0.3) is 10.9 Å². The van der Waals surface area contributed by atoms with E-state index >= 15 is 4.39 Å². The maximum absolute atomic E-state index is 15.2. The summed E-state index contributed by atoms with van der Waals surface area (Å²) in [7, 11) is 0. The van der Waals surface area contributed by atoms with Crippen molar-refractivity contribution in [3.8, 4) is 11.5 Å². The number of hydrogen-bond donors (Lipinski definition) is 2. The molecule has 1 aromatic heterocycles. The average Bonchev–Trinajstić information content (AvgIpc) is 3.80. The van der Waals surface area contributed by atoms with E-state index in [1.54, 1.807) is 18.3 Å². The van der Waals surface area contributed by atoms with Gasteiger partial charge < -0.3 is 19.5 Å². The lowest BCUT2D eigenvalue weighted by molar-refractivity contribution is 0.0953. The third-order valence-corrected chi connectivity index (χ3v) is 6.96. The molecule has 1 amide bonds. The molecule has 0 radical (unpaired) electrons. The minimum Gasteiger partial charge on any atom is -0.457 e. The van der Waals surface area contributed by atoms with Crippen molar-refractivity contribution >= 4 is 41.1 Å². The van der Waals surface area contributed by atoms with Crippen LogP contribution >= 0.6 is 12.4 Å². The van der Waals surface area contributed by atoms with Crippen molar-refractivity contribution in [2.45, 2.75) is 18.9 Å². The van der Waals surface area contributed by atoms with E-state index in [2.05, 4.69) is 15.8 Å². The molecule has 2 aliphatic rings. The zero-order valence-corrected chi connectivity index (χ0v) is 22.5. The molecule has 0 unspecified atom stereocenters. The van der Waals surface area contributed by atoms with Crippen LogP contribution < -0.4 is 25.8 Å². The van der Waals surface area contributed by atoms with Crippen molar-refractivity contribution in [1.82, 2.24) is 15.3 Å². The lowest BCUT2D eigenvalue weighted by atomic mass is 10.1. The first kappa shape index (κ1) is 27.4. The molecule has 2 N–H and O–H groups in total. The molecule has 3 aromatic carbocycles. The average molecular weight is 562 g/mol. The van der Waals surface area contributed by atoms with Crippen molar-refractivity contribution in [1.29, 1.82) is 0 Å². The zero-order valence-electron chi connectivity index (χ0n) is 21.7. The van der Waals surface area contributed by atoms with Gasteiger partial charge in [-0.25, -0.2) is 9.82 Å². The number of para-hydroxylation sites is 1. The maximum atomic E-state index is 15.2. The first-order valence-electron chi connectivity index (χ1n) is 13.1. The fourth-order valence-corrected chi connectivity index (χ4v) is 4.83. The number of carbonyl (C=O) groups is 1. The second-order valence-corrected chi connectivity index (χ2v) is 9.75. The Kier molecular flexibility index (Phi) is 8.14. The van der Waals surface area contributed by atoms with E-state index in [-0.39, 0.29) is 29.4 Å². The van der Waals surface area contributed by atoms with Crippen molar-refractivity contribution in [3.05, 3.63) is 100 Å². The third kappa shape index (κ3) is 5.85. The number of halogens is 2. The summed E-state index contributed by atoms with van der Waals surface area (Å²) in [6.45, 7) is 2.93. The summed E-state index contributed by atoms with van der Waals surface area (Å²) < 4.78 is 23.0. The Labute approximate surface area is 236 Å². The van der Waals surface area contributed by atoms with E-state index in [1.807, 2.05) is 58.0 Å². The van der Waals surface area contributed by atoms with Crippen LogP contribution in [-0.2, 0) is 0 Å². The topological polar surface area (TPSA) is 88.0 Å². The van der Waals surface area contributed by atoms with Crippen LogP contribution in [0.2, 0.25) is 0 Å². The molecule has 6 rings (SSSR count). The molecule has 0 spiro atoms. The molecular formula is C30H29ClFN5O3. The van der Waals surface area contributed by atoms with Gasteiger partial charge in [-0.1, -0.05) is 30.3 Å². The largest absolute Gasteiger partial charge is 0.457 e. The van der Waals surface area contributed by atoms with Gasteiger partial charge in [-0.2, -0.15) is 5.10 Å². The quantitative estimate of drug-likeness (QED) is 0.248. The van der Waals surface area contributed by atoms with Crippen molar-refractivity contribution in [2.75, 3.05) is 31.1 Å². The number of piperazine rings is 1. The van der Waals surface area contributed by atoms with Gasteiger partial charge in [0, 0.05) is 43.8 Å². The number of nitrogens with zero attached hydrogens (tertiary/aromatic N) is 3. The Morgan fingerprint density at radius 2 is 1.77 bits per heavy atom. The molecule has 2 heterocycles. The Balaban J connectivity index is 0.00000323. The van der Waals surface area contributed by atoms with Gasteiger partial charge in [-0.15, -0.1) is 12.4 Å². The first-order valence-corrected chi connectivity index (χ1v) is 13.1. The Morgan fingerprint density at radius 3 is 2.52 bits per heavy atom. The van der Waals surface area contributed by atoms with Crippen molar-refractivity contribution in [2.24, 2.45) is 5.10 Å². The van der Waals surface area contributed by atoms with Crippen LogP contribution in [0.5, 0.6) is 11.5 Å². The normalized spacial score (nSPS) is 15.2. The fraction of sp³-hybridized carbons (Fsp3) is 0.233. The molecular weight excluding hydrogens is 533 g/mol. The van der Waals surface area contributed by atoms with Crippen LogP contribution in [-0.4, -0.2) is 42.9 Å². The number of ether oxygens (including phenoxy) is 1. The van der Waals surface area contributed by atoms with E-state index < -0.39 is 17.2 Å². The number of hydrazone groups is 1. The lowest BCUT2D eigenvalue weighted by Gasteiger charge is -2.30. The predicted octanol–water partition coefficient (Wildman–Crippen LogP) is 4.86. The molecule has 8 nitrogen and oxygen atoms in total. The number of anilines is 1. The summed E-state index contributed by atoms with van der Waals surface area (Å²) in [6, 6.07) is 19.9. The van der Waals surface area contributed by atoms with Crippen molar-refractivity contribution in [3.63, 3.8) is 0 Å². The number of aromatic nitrogens is 1. The highest BCUT2D eigenvalue weighted by molar-refractivity contribution is 5.98. The third-order valence-electron chi connectivity index (χ3n) is 6.96. The zero-order chi connectivity index (χ0) is 26.8. The molecule has 206 valence electrons. The van der Waals surface area contributed by atoms with E-state index in [1.165, 1.54) is 12.3 Å². The number of rotatable bonds is 7. The van der Waals surface area contributed by atoms with Gasteiger partial charge in [0.15, 0.2) is 0 Å². The number of nitrogens with one attached hydrogen (secondary N) is 2. The van der Waals surface area contributed by atoms with Gasteiger partial charge in [-0.3, -0.25) is 9.59 Å². The van der Waals surface area contributed by atoms with Crippen molar-refractivity contribution < 1.29 is 13.9 Å². The molecule has 1 aliphatic carbocycles. The van der Waals surface area contributed by atoms with Crippen LogP contribution in [0.15, 0.2) is 82.8 Å². The molecule has 2 fully saturated rings. The summed E-state index contributed by atoms with van der Waals surface area (Å²) >= 11 is 0. The standard InChI is InChI=1S/C30H28FN5O3.ClH/c31-26-16-24-27(17-28(26)35-13-11-32-12-14-35)36(21-9-10-21)19-25(29(24)37)30(38)34-33-18-20-5-4-8-23(15-20)39-22-6-2-1-3-7-22;/h1-8,15-19,21,32H,9-14H2,(H,34,38);1H/b33-18-;. The monoisotopic (exact) mass is 561 g/mol. The number of benzene rings is 3. The van der Waals surface area contributed by atoms with Crippen LogP contribution in [0, 0.1) is 5.82 Å². The summed E-state index contributed by atoms with van der Waals surface area (Å²) in [4.78, 5) is 28.3. The second kappa shape index (κ2) is 11.9. The highest BCUT2D eigenvalue weighted by atomic mass is 35.5. The number of carbonyl (C=O) groups excluding carboxylic acids is 1. The Hall–Kier alpha value is -4.21. The number of pyridine rings is 1. The molecule has 40 heavy (non-hydrogen) atoms. The van der Waals surface area contributed by atoms with Crippen LogP contribution in [0.1, 0.15) is 34.8 Å². The smallest absolute Gasteiger partial charge is 0.276 e. The summed E-state index contributed by atoms with van der Waals surface area (Å²) in [5.41, 5.74) is 3.71. The van der Waals surface area contributed by atoms with E-state index in [0.717, 1.165) is 25.9 Å². The van der Waals surface area contributed by atoms with E-state index in [0.29, 0.717) is 41.4 Å². The molecule has 0 atom stereocenters. The molecule has 1 saturated heterocycles. The SMILES string of the molecule is Cl.O=C(N/N=C\c1cccc(Oc2ccccc2)c1)c1cn(C2CC2)c2cc(N3CCNCC3)c(F)cc2c1=O. The highest BCUT2D eigenvalue weighted by Crippen LogP contribution is 2.38. The van der Waals surface area contributed by atoms with Gasteiger partial charge in [0.25, 0.3) is 5.91 Å². The van der Waals surface area contributed by atoms with Crippen LogP contribution in [0.3, 0.4) is 0 Å². The minimum absolute atomic E-state index is 0. The van der Waals surface area contributed by atoms with Gasteiger partial charge in [0.1, 0.15) is 22.9 Å². The second-order valence-electron chi connectivity index (χ2n) is 9.75. The number of amides is 1. The van der Waals surface area contributed by atoms with Crippen LogP contribution in [0.4, 0.5) is 10.1 Å². The summed E-state index contributed by atoms with van der Waals surface area (Å²) in [5.74, 6) is 0.230. The molecule has 1 saturated carbocycles. The Morgan fingerprint density at radius 1 is 1.02 bits per heavy atom. The number of hydrogen-bond acceptors (Lipinski definition) is 6. The highest BCUT2D eigenvalue weighted by Gasteiger charge is 2.28. The molecule has 4 aromatic rings. The molecule has 1 aliphatic heterocycles. The van der Waals surface area contributed by atoms with E-state index in [4.69, 9.17) is 4.74 Å². The van der Waals surface area contributed by atoms with Gasteiger partial charge >= 0.3 is 0 Å². The van der Waals surface area contributed by atoms with E-state index in [9.17, 15) is 9.59 Å². The fourth-order valence-electron chi connectivity index (χ4n) is 4.83.